The van der Waals surface area contributed by atoms with Crippen LogP contribution in [0.3, 0.4) is 0 Å². The number of furan rings is 1. The Balaban J connectivity index is 1.88. The summed E-state index contributed by atoms with van der Waals surface area (Å²) in [5.74, 6) is 0.00384. The molecule has 2 rings (SSSR count). The van der Waals surface area contributed by atoms with E-state index in [9.17, 15) is 9.59 Å². The normalized spacial score (nSPS) is 18.3. The molecule has 1 aliphatic heterocycles. The van der Waals surface area contributed by atoms with E-state index in [0.717, 1.165) is 19.4 Å². The Morgan fingerprint density at radius 3 is 2.83 bits per heavy atom. The second-order valence-corrected chi connectivity index (χ2v) is 6.58. The van der Waals surface area contributed by atoms with Crippen LogP contribution in [0, 0.1) is 5.92 Å². The van der Waals surface area contributed by atoms with Crippen molar-refractivity contribution in [1.82, 2.24) is 5.32 Å². The Morgan fingerprint density at radius 2 is 2.17 bits per heavy atom. The van der Waals surface area contributed by atoms with Gasteiger partial charge in [-0.2, -0.15) is 0 Å². The summed E-state index contributed by atoms with van der Waals surface area (Å²) in [7, 11) is 0. The highest BCUT2D eigenvalue weighted by molar-refractivity contribution is 6.00. The molecule has 7 nitrogen and oxygen atoms in total. The molecule has 1 aromatic rings. The van der Waals surface area contributed by atoms with Gasteiger partial charge >= 0.3 is 6.09 Å². The quantitative estimate of drug-likeness (QED) is 0.889. The fourth-order valence-electron chi connectivity index (χ4n) is 2.28. The van der Waals surface area contributed by atoms with Gasteiger partial charge in [-0.1, -0.05) is 0 Å². The smallest absolute Gasteiger partial charge is 0.412 e. The van der Waals surface area contributed by atoms with Gasteiger partial charge in [0.05, 0.1) is 18.6 Å². The lowest BCUT2D eigenvalue weighted by Crippen LogP contribution is -2.33. The van der Waals surface area contributed by atoms with E-state index in [1.807, 2.05) is 0 Å². The molecule has 0 radical (unpaired) electrons. The molecule has 1 fully saturated rings. The zero-order valence-corrected chi connectivity index (χ0v) is 13.8. The van der Waals surface area contributed by atoms with Crippen molar-refractivity contribution in [3.63, 3.8) is 0 Å². The maximum absolute atomic E-state index is 12.2. The Morgan fingerprint density at radius 1 is 1.39 bits per heavy atom. The summed E-state index contributed by atoms with van der Waals surface area (Å²) < 4.78 is 15.7. The number of rotatable bonds is 4. The number of hydrogen-bond donors (Lipinski definition) is 2. The summed E-state index contributed by atoms with van der Waals surface area (Å²) in [5, 5.41) is 5.34. The molecule has 0 bridgehead atoms. The minimum absolute atomic E-state index is 0.0626. The van der Waals surface area contributed by atoms with Crippen molar-refractivity contribution in [2.45, 2.75) is 39.2 Å². The van der Waals surface area contributed by atoms with Crippen molar-refractivity contribution in [2.24, 2.45) is 5.92 Å². The number of amides is 2. The van der Waals surface area contributed by atoms with Gasteiger partial charge in [0.2, 0.25) is 5.76 Å². The molecular weight excluding hydrogens is 300 g/mol. The van der Waals surface area contributed by atoms with Gasteiger partial charge in [-0.15, -0.1) is 0 Å². The van der Waals surface area contributed by atoms with Gasteiger partial charge < -0.3 is 19.2 Å². The molecule has 2 amide bonds. The van der Waals surface area contributed by atoms with Crippen molar-refractivity contribution in [1.29, 1.82) is 0 Å². The van der Waals surface area contributed by atoms with E-state index >= 15 is 0 Å². The Bertz CT molecular complexity index is 541. The van der Waals surface area contributed by atoms with Gasteiger partial charge in [-0.25, -0.2) is 4.79 Å². The van der Waals surface area contributed by atoms with Crippen LogP contribution < -0.4 is 10.6 Å². The molecule has 0 spiro atoms. The fraction of sp³-hybridized carbons (Fsp3) is 0.625. The monoisotopic (exact) mass is 324 g/mol. The van der Waals surface area contributed by atoms with Crippen LogP contribution in [0.2, 0.25) is 0 Å². The number of nitrogens with one attached hydrogen (secondary N) is 2. The van der Waals surface area contributed by atoms with E-state index < -0.39 is 11.7 Å². The molecule has 1 saturated heterocycles. The molecule has 0 aromatic carbocycles. The number of carbonyl (C=O) groups is 2. The highest BCUT2D eigenvalue weighted by Crippen LogP contribution is 2.19. The van der Waals surface area contributed by atoms with Crippen molar-refractivity contribution in [3.8, 4) is 0 Å². The summed E-state index contributed by atoms with van der Waals surface area (Å²) in [4.78, 5) is 24.0. The molecule has 0 aliphatic carbocycles. The molecule has 1 aromatic heterocycles. The summed E-state index contributed by atoms with van der Waals surface area (Å²) in [6.07, 6.45) is 2.76. The molecule has 2 N–H and O–H groups in total. The first kappa shape index (κ1) is 17.3. The van der Waals surface area contributed by atoms with E-state index in [4.69, 9.17) is 13.9 Å². The second-order valence-electron chi connectivity index (χ2n) is 6.58. The van der Waals surface area contributed by atoms with Crippen molar-refractivity contribution < 1.29 is 23.5 Å². The third-order valence-electron chi connectivity index (χ3n) is 3.31. The summed E-state index contributed by atoms with van der Waals surface area (Å²) in [6.45, 7) is 7.25. The molecule has 2 heterocycles. The number of hydrogen-bond acceptors (Lipinski definition) is 5. The molecule has 1 unspecified atom stereocenters. The number of carbonyl (C=O) groups excluding carboxylic acids is 2. The van der Waals surface area contributed by atoms with Crippen molar-refractivity contribution >= 4 is 17.7 Å². The lowest BCUT2D eigenvalue weighted by molar-refractivity contribution is 0.0533. The number of ether oxygens (including phenoxy) is 2. The Kier molecular flexibility index (Phi) is 5.65. The van der Waals surface area contributed by atoms with Crippen LogP contribution in [0.15, 0.2) is 16.7 Å². The minimum atomic E-state index is -0.631. The molecule has 1 atom stereocenters. The summed E-state index contributed by atoms with van der Waals surface area (Å²) >= 11 is 0. The van der Waals surface area contributed by atoms with E-state index in [1.165, 1.54) is 12.3 Å². The van der Waals surface area contributed by atoms with Crippen LogP contribution >= 0.6 is 0 Å². The average molecular weight is 324 g/mol. The van der Waals surface area contributed by atoms with Crippen LogP contribution in [-0.4, -0.2) is 37.4 Å². The van der Waals surface area contributed by atoms with Crippen molar-refractivity contribution in [2.75, 3.05) is 25.1 Å². The van der Waals surface area contributed by atoms with Gasteiger partial charge in [-0.05, 0) is 39.5 Å². The third-order valence-corrected chi connectivity index (χ3v) is 3.31. The number of anilines is 1. The summed E-state index contributed by atoms with van der Waals surface area (Å²) in [6, 6.07) is 1.52. The zero-order chi connectivity index (χ0) is 16.9. The third kappa shape index (κ3) is 5.59. The molecular formula is C16H24N2O5. The Hall–Kier alpha value is -2.02. The molecule has 0 saturated carbocycles. The first-order chi connectivity index (χ1) is 10.8. The van der Waals surface area contributed by atoms with E-state index in [0.29, 0.717) is 19.1 Å². The van der Waals surface area contributed by atoms with Gasteiger partial charge in [0.1, 0.15) is 5.60 Å². The molecule has 128 valence electrons. The van der Waals surface area contributed by atoms with Crippen LogP contribution in [0.5, 0.6) is 0 Å². The maximum Gasteiger partial charge on any atom is 0.412 e. The molecule has 7 heteroatoms. The lowest BCUT2D eigenvalue weighted by atomic mass is 10.0. The second kappa shape index (κ2) is 7.50. The standard InChI is InChI=1S/C16H24N2O5/c1-16(2,3)23-15(20)18-12-6-8-22-13(12)14(19)17-9-11-5-4-7-21-10-11/h6,8,11H,4-5,7,9-10H2,1-3H3,(H,17,19)(H,18,20). The minimum Gasteiger partial charge on any atom is -0.457 e. The van der Waals surface area contributed by atoms with Gasteiger partial charge in [0, 0.05) is 19.2 Å². The zero-order valence-electron chi connectivity index (χ0n) is 13.8. The largest absolute Gasteiger partial charge is 0.457 e. The lowest BCUT2D eigenvalue weighted by Gasteiger charge is -2.22. The fourth-order valence-corrected chi connectivity index (χ4v) is 2.28. The van der Waals surface area contributed by atoms with Crippen molar-refractivity contribution in [3.05, 3.63) is 18.1 Å². The van der Waals surface area contributed by atoms with Gasteiger partial charge in [0.25, 0.3) is 5.91 Å². The van der Waals surface area contributed by atoms with E-state index in [1.54, 1.807) is 20.8 Å². The van der Waals surface area contributed by atoms with Crippen LogP contribution in [-0.2, 0) is 9.47 Å². The SMILES string of the molecule is CC(C)(C)OC(=O)Nc1ccoc1C(=O)NCC1CCCOC1. The van der Waals surface area contributed by atoms with Crippen LogP contribution in [0.25, 0.3) is 0 Å². The first-order valence-electron chi connectivity index (χ1n) is 7.78. The predicted octanol–water partition coefficient (Wildman–Crippen LogP) is 2.78. The van der Waals surface area contributed by atoms with Gasteiger partial charge in [0.15, 0.2) is 0 Å². The highest BCUT2D eigenvalue weighted by Gasteiger charge is 2.22. The van der Waals surface area contributed by atoms with Crippen LogP contribution in [0.4, 0.5) is 10.5 Å². The topological polar surface area (TPSA) is 89.8 Å². The molecule has 23 heavy (non-hydrogen) atoms. The van der Waals surface area contributed by atoms with E-state index in [2.05, 4.69) is 10.6 Å². The highest BCUT2D eigenvalue weighted by atomic mass is 16.6. The first-order valence-corrected chi connectivity index (χ1v) is 7.78. The average Bonchev–Trinajstić information content (AvgIpc) is 2.92. The van der Waals surface area contributed by atoms with E-state index in [-0.39, 0.29) is 17.4 Å². The molecule has 1 aliphatic rings. The summed E-state index contributed by atoms with van der Waals surface area (Å²) in [5.41, 5.74) is -0.325. The van der Waals surface area contributed by atoms with Crippen LogP contribution in [0.1, 0.15) is 44.2 Å². The van der Waals surface area contributed by atoms with Gasteiger partial charge in [-0.3, -0.25) is 10.1 Å². The maximum atomic E-state index is 12.2. The Labute approximate surface area is 135 Å². The predicted molar refractivity (Wildman–Crippen MR) is 84.4 cm³/mol.